The summed E-state index contributed by atoms with van der Waals surface area (Å²) in [5.74, 6) is 6.60. The molecule has 0 saturated carbocycles. The van der Waals surface area contributed by atoms with Crippen molar-refractivity contribution in [1.82, 2.24) is 10.7 Å². The van der Waals surface area contributed by atoms with Crippen LogP contribution in [0.1, 0.15) is 26.2 Å². The summed E-state index contributed by atoms with van der Waals surface area (Å²) in [6.45, 7) is 3.66. The predicted molar refractivity (Wildman–Crippen MR) is 66.1 cm³/mol. The first-order chi connectivity index (χ1) is 7.20. The Morgan fingerprint density at radius 1 is 1.47 bits per heavy atom. The topological polar surface area (TPSA) is 79.5 Å². The van der Waals surface area contributed by atoms with Crippen LogP contribution >= 0.6 is 0 Å². The van der Waals surface area contributed by atoms with Crippen molar-refractivity contribution in [3.8, 4) is 0 Å². The van der Waals surface area contributed by atoms with Crippen LogP contribution < -0.4 is 16.6 Å². The van der Waals surface area contributed by atoms with Gasteiger partial charge in [0.1, 0.15) is 0 Å². The number of nitrogens with one attached hydrogen (secondary N) is 2. The van der Waals surface area contributed by atoms with Crippen LogP contribution in [0.25, 0.3) is 0 Å². The van der Waals surface area contributed by atoms with Crippen LogP contribution in [0.2, 0.25) is 0 Å². The van der Waals surface area contributed by atoms with E-state index in [0.717, 1.165) is 25.8 Å². The zero-order valence-corrected chi connectivity index (χ0v) is 10.4. The lowest BCUT2D eigenvalue weighted by molar-refractivity contribution is 0.684. The van der Waals surface area contributed by atoms with Gasteiger partial charge in [-0.15, -0.1) is 0 Å². The Morgan fingerprint density at radius 2 is 2.20 bits per heavy atom. The zero-order chi connectivity index (χ0) is 11.5. The van der Waals surface area contributed by atoms with Crippen LogP contribution in [-0.4, -0.2) is 35.3 Å². The Morgan fingerprint density at radius 3 is 2.73 bits per heavy atom. The fourth-order valence-electron chi connectivity index (χ4n) is 0.995. The zero-order valence-electron chi connectivity index (χ0n) is 9.58. The van der Waals surface area contributed by atoms with E-state index in [0.29, 0.717) is 18.3 Å². The molecule has 0 radical (unpaired) electrons. The van der Waals surface area contributed by atoms with Gasteiger partial charge < -0.3 is 5.32 Å². The van der Waals surface area contributed by atoms with E-state index in [-0.39, 0.29) is 0 Å². The van der Waals surface area contributed by atoms with Gasteiger partial charge in [-0.05, 0) is 12.8 Å². The number of nitrogens with zero attached hydrogens (tertiary/aromatic N) is 1. The third kappa shape index (κ3) is 9.68. The molecule has 1 unspecified atom stereocenters. The predicted octanol–water partition coefficient (Wildman–Crippen LogP) is -0.0360. The van der Waals surface area contributed by atoms with Gasteiger partial charge in [0.25, 0.3) is 0 Å². The average Bonchev–Trinajstić information content (AvgIpc) is 2.21. The molecular formula is C9H22N4OS. The molecule has 4 N–H and O–H groups in total. The molecule has 0 spiro atoms. The summed E-state index contributed by atoms with van der Waals surface area (Å²) < 4.78 is 10.8. The van der Waals surface area contributed by atoms with Crippen LogP contribution in [0.5, 0.6) is 0 Å². The third-order valence-electron chi connectivity index (χ3n) is 1.82. The summed E-state index contributed by atoms with van der Waals surface area (Å²) in [4.78, 5) is 4.22. The van der Waals surface area contributed by atoms with Gasteiger partial charge in [0.2, 0.25) is 5.96 Å². The van der Waals surface area contributed by atoms with Crippen molar-refractivity contribution in [3.63, 3.8) is 0 Å². The lowest BCUT2D eigenvalue weighted by atomic mass is 10.3. The van der Waals surface area contributed by atoms with Gasteiger partial charge in [-0.3, -0.25) is 14.6 Å². The normalized spacial score (nSPS) is 13.7. The number of hydrogen-bond donors (Lipinski definition) is 3. The fraction of sp³-hybridized carbons (Fsp3) is 0.889. The molecule has 0 aromatic carbocycles. The first kappa shape index (κ1) is 14.4. The highest BCUT2D eigenvalue weighted by Crippen LogP contribution is 1.86. The number of hydrazine groups is 1. The summed E-state index contributed by atoms with van der Waals surface area (Å²) in [5, 5.41) is 3.10. The lowest BCUT2D eigenvalue weighted by Gasteiger charge is -2.07. The summed E-state index contributed by atoms with van der Waals surface area (Å²) >= 11 is 0. The van der Waals surface area contributed by atoms with Crippen LogP contribution in [0.4, 0.5) is 0 Å². The minimum absolute atomic E-state index is 0.616. The molecule has 0 saturated heterocycles. The van der Waals surface area contributed by atoms with E-state index in [1.165, 1.54) is 0 Å². The molecule has 0 heterocycles. The van der Waals surface area contributed by atoms with Gasteiger partial charge in [0, 0.05) is 35.9 Å². The average molecular weight is 234 g/mol. The van der Waals surface area contributed by atoms with Crippen molar-refractivity contribution >= 4 is 16.8 Å². The standard InChI is InChI=1S/C9H22N4OS/c1-3-4-6-11-9(13-10)12-7-5-8-15(2)14/h3-8,10H2,1-2H3,(H2,11,12,13). The van der Waals surface area contributed by atoms with E-state index in [2.05, 4.69) is 22.7 Å². The smallest absolute Gasteiger partial charge is 0.205 e. The Kier molecular flexibility index (Phi) is 9.51. The van der Waals surface area contributed by atoms with E-state index in [1.807, 2.05) is 0 Å². The monoisotopic (exact) mass is 234 g/mol. The SMILES string of the molecule is CCCCNC(=NCCCS(C)=O)NN. The second kappa shape index (κ2) is 9.92. The second-order valence-electron chi connectivity index (χ2n) is 3.29. The quantitative estimate of drug-likeness (QED) is 0.190. The maximum Gasteiger partial charge on any atom is 0.205 e. The fourth-order valence-corrected chi connectivity index (χ4v) is 1.53. The molecule has 0 rings (SSSR count). The highest BCUT2D eigenvalue weighted by Gasteiger charge is 1.95. The first-order valence-electron chi connectivity index (χ1n) is 5.25. The number of unbranched alkanes of at least 4 members (excludes halogenated alkanes) is 1. The number of aliphatic imine (C=N–C) groups is 1. The summed E-state index contributed by atoms with van der Waals surface area (Å²) in [6, 6.07) is 0. The molecule has 0 amide bonds. The van der Waals surface area contributed by atoms with Gasteiger partial charge in [-0.2, -0.15) is 0 Å². The van der Waals surface area contributed by atoms with Crippen molar-refractivity contribution in [2.75, 3.05) is 25.1 Å². The van der Waals surface area contributed by atoms with E-state index >= 15 is 0 Å². The molecule has 1 atom stereocenters. The van der Waals surface area contributed by atoms with E-state index in [9.17, 15) is 4.21 Å². The van der Waals surface area contributed by atoms with Crippen LogP contribution in [0, 0.1) is 0 Å². The molecule has 0 bridgehead atoms. The summed E-state index contributed by atoms with van der Waals surface area (Å²) in [7, 11) is -0.730. The minimum Gasteiger partial charge on any atom is -0.355 e. The van der Waals surface area contributed by atoms with Crippen molar-refractivity contribution in [2.45, 2.75) is 26.2 Å². The van der Waals surface area contributed by atoms with Gasteiger partial charge in [-0.25, -0.2) is 5.84 Å². The number of hydrogen-bond acceptors (Lipinski definition) is 3. The molecule has 0 aromatic rings. The molecule has 0 aliphatic carbocycles. The van der Waals surface area contributed by atoms with Crippen molar-refractivity contribution < 1.29 is 4.21 Å². The highest BCUT2D eigenvalue weighted by molar-refractivity contribution is 7.84. The Hall–Kier alpha value is -0.620. The Bertz CT molecular complexity index is 208. The first-order valence-corrected chi connectivity index (χ1v) is 6.98. The molecule has 6 heteroatoms. The van der Waals surface area contributed by atoms with Gasteiger partial charge in [0.05, 0.1) is 0 Å². The maximum absolute atomic E-state index is 10.8. The molecule has 0 aromatic heterocycles. The van der Waals surface area contributed by atoms with Crippen molar-refractivity contribution in [1.29, 1.82) is 0 Å². The second-order valence-corrected chi connectivity index (χ2v) is 4.84. The molecule has 5 nitrogen and oxygen atoms in total. The minimum atomic E-state index is -0.730. The third-order valence-corrected chi connectivity index (χ3v) is 2.68. The largest absolute Gasteiger partial charge is 0.355 e. The van der Waals surface area contributed by atoms with E-state index < -0.39 is 10.8 Å². The van der Waals surface area contributed by atoms with Crippen LogP contribution in [-0.2, 0) is 10.8 Å². The van der Waals surface area contributed by atoms with Crippen molar-refractivity contribution in [2.24, 2.45) is 10.8 Å². The summed E-state index contributed by atoms with van der Waals surface area (Å²) in [5.41, 5.74) is 2.51. The lowest BCUT2D eigenvalue weighted by Crippen LogP contribution is -2.42. The molecule has 90 valence electrons. The summed E-state index contributed by atoms with van der Waals surface area (Å²) in [6.07, 6.45) is 4.76. The maximum atomic E-state index is 10.8. The van der Waals surface area contributed by atoms with E-state index in [1.54, 1.807) is 6.26 Å². The molecule has 0 fully saturated rings. The van der Waals surface area contributed by atoms with Crippen LogP contribution in [0.15, 0.2) is 4.99 Å². The Labute approximate surface area is 94.3 Å². The molecule has 0 aliphatic rings. The van der Waals surface area contributed by atoms with E-state index in [4.69, 9.17) is 5.84 Å². The number of guanidine groups is 1. The molecular weight excluding hydrogens is 212 g/mol. The van der Waals surface area contributed by atoms with Gasteiger partial charge >= 0.3 is 0 Å². The van der Waals surface area contributed by atoms with Gasteiger partial charge in [-0.1, -0.05) is 13.3 Å². The number of nitrogens with two attached hydrogens (primary N) is 1. The number of rotatable bonds is 7. The van der Waals surface area contributed by atoms with Crippen LogP contribution in [0.3, 0.4) is 0 Å². The highest BCUT2D eigenvalue weighted by atomic mass is 32.2. The van der Waals surface area contributed by atoms with Crippen molar-refractivity contribution in [3.05, 3.63) is 0 Å². The van der Waals surface area contributed by atoms with Gasteiger partial charge in [0.15, 0.2) is 0 Å². The Balaban J connectivity index is 3.64. The molecule has 15 heavy (non-hydrogen) atoms. The molecule has 0 aliphatic heterocycles.